The van der Waals surface area contributed by atoms with Gasteiger partial charge >= 0.3 is 0 Å². The van der Waals surface area contributed by atoms with Crippen LogP contribution >= 0.6 is 0 Å². The van der Waals surface area contributed by atoms with Crippen LogP contribution in [0.15, 0.2) is 30.3 Å². The Hall–Kier alpha value is -2.31. The van der Waals surface area contributed by atoms with Crippen LogP contribution in [0.2, 0.25) is 0 Å². The number of fused-ring (bicyclic) bond motifs is 1. The van der Waals surface area contributed by atoms with Crippen LogP contribution in [-0.2, 0) is 19.7 Å². The number of hydrogen-bond acceptors (Lipinski definition) is 5. The molecule has 6 heteroatoms. The van der Waals surface area contributed by atoms with Gasteiger partial charge in [-0.25, -0.2) is 4.39 Å². The fourth-order valence-electron chi connectivity index (χ4n) is 2.61. The molecule has 0 spiro atoms. The van der Waals surface area contributed by atoms with Gasteiger partial charge in [0, 0.05) is 18.7 Å². The van der Waals surface area contributed by atoms with E-state index in [1.165, 1.54) is 6.07 Å². The molecule has 0 fully saturated rings. The first-order valence-electron chi connectivity index (χ1n) is 7.76. The van der Waals surface area contributed by atoms with E-state index in [1.54, 1.807) is 19.2 Å². The molecule has 1 aliphatic heterocycles. The number of hydrogen-bond donors (Lipinski definition) is 2. The summed E-state index contributed by atoms with van der Waals surface area (Å²) in [5.74, 6) is 1.56. The predicted molar refractivity (Wildman–Crippen MR) is 86.9 cm³/mol. The second kappa shape index (κ2) is 7.51. The summed E-state index contributed by atoms with van der Waals surface area (Å²) in [6.07, 6.45) is 0. The van der Waals surface area contributed by atoms with Crippen LogP contribution in [0.5, 0.6) is 17.2 Å². The molecule has 5 nitrogen and oxygen atoms in total. The third kappa shape index (κ3) is 3.60. The molecule has 128 valence electrons. The van der Waals surface area contributed by atoms with E-state index in [4.69, 9.17) is 19.3 Å². The first-order valence-corrected chi connectivity index (χ1v) is 7.76. The molecule has 0 saturated carbocycles. The Morgan fingerprint density at radius 3 is 2.67 bits per heavy atom. The number of halogens is 1. The highest BCUT2D eigenvalue weighted by Crippen LogP contribution is 2.40. The fraction of sp³-hybridized carbons (Fsp3) is 0.333. The lowest BCUT2D eigenvalue weighted by Crippen LogP contribution is -2.17. The second-order valence-corrected chi connectivity index (χ2v) is 5.51. The van der Waals surface area contributed by atoms with E-state index in [0.29, 0.717) is 49.1 Å². The molecule has 2 aromatic rings. The summed E-state index contributed by atoms with van der Waals surface area (Å²) >= 11 is 0. The Kier molecular flexibility index (Phi) is 5.17. The molecular weight excluding hydrogens is 313 g/mol. The lowest BCUT2D eigenvalue weighted by Gasteiger charge is -2.21. The fourth-order valence-corrected chi connectivity index (χ4v) is 2.61. The van der Waals surface area contributed by atoms with Crippen molar-refractivity contribution in [2.75, 3.05) is 20.3 Å². The molecule has 0 atom stereocenters. The van der Waals surface area contributed by atoms with Gasteiger partial charge in [0.1, 0.15) is 19.0 Å². The lowest BCUT2D eigenvalue weighted by molar-refractivity contribution is 0.165. The average Bonchev–Trinajstić information content (AvgIpc) is 2.61. The van der Waals surface area contributed by atoms with Gasteiger partial charge in [0.25, 0.3) is 0 Å². The van der Waals surface area contributed by atoms with E-state index in [0.717, 1.165) is 11.1 Å². The topological polar surface area (TPSA) is 60.0 Å². The molecular formula is C18H20FNO4. The van der Waals surface area contributed by atoms with Gasteiger partial charge in [-0.05, 0) is 29.3 Å². The van der Waals surface area contributed by atoms with Crippen molar-refractivity contribution < 1.29 is 23.7 Å². The van der Waals surface area contributed by atoms with Gasteiger partial charge in [-0.15, -0.1) is 0 Å². The summed E-state index contributed by atoms with van der Waals surface area (Å²) < 4.78 is 30.2. The van der Waals surface area contributed by atoms with E-state index in [9.17, 15) is 4.39 Å². The summed E-state index contributed by atoms with van der Waals surface area (Å²) in [5.41, 5.74) is 2.10. The first-order chi connectivity index (χ1) is 11.7. The third-order valence-electron chi connectivity index (χ3n) is 3.83. The van der Waals surface area contributed by atoms with Crippen molar-refractivity contribution in [1.82, 2.24) is 5.32 Å². The highest BCUT2D eigenvalue weighted by Gasteiger charge is 2.18. The van der Waals surface area contributed by atoms with Gasteiger partial charge < -0.3 is 24.6 Å². The van der Waals surface area contributed by atoms with Crippen molar-refractivity contribution in [3.8, 4) is 17.2 Å². The van der Waals surface area contributed by atoms with E-state index in [-0.39, 0.29) is 6.61 Å². The highest BCUT2D eigenvalue weighted by atomic mass is 19.1. The Bertz CT molecular complexity index is 703. The zero-order valence-corrected chi connectivity index (χ0v) is 13.5. The van der Waals surface area contributed by atoms with Crippen molar-refractivity contribution in [3.63, 3.8) is 0 Å². The molecule has 0 amide bonds. The van der Waals surface area contributed by atoms with Crippen LogP contribution in [0.4, 0.5) is 4.39 Å². The lowest BCUT2D eigenvalue weighted by atomic mass is 10.1. The molecule has 0 unspecified atom stereocenters. The van der Waals surface area contributed by atoms with Gasteiger partial charge in [-0.3, -0.25) is 0 Å². The Balaban J connectivity index is 1.65. The molecule has 0 aromatic heterocycles. The van der Waals surface area contributed by atoms with Crippen LogP contribution in [0.1, 0.15) is 16.7 Å². The highest BCUT2D eigenvalue weighted by molar-refractivity contribution is 5.54. The quantitative estimate of drug-likeness (QED) is 0.850. The molecule has 0 radical (unpaired) electrons. The van der Waals surface area contributed by atoms with Gasteiger partial charge in [0.15, 0.2) is 11.5 Å². The number of benzene rings is 2. The van der Waals surface area contributed by atoms with E-state index >= 15 is 0 Å². The molecule has 2 N–H and O–H groups in total. The van der Waals surface area contributed by atoms with E-state index < -0.39 is 5.82 Å². The zero-order chi connectivity index (χ0) is 16.9. The molecule has 1 aliphatic rings. The number of nitrogens with one attached hydrogen (secondary N) is 1. The minimum Gasteiger partial charge on any atom is -0.493 e. The molecule has 1 heterocycles. The Labute approximate surface area is 140 Å². The van der Waals surface area contributed by atoms with Crippen molar-refractivity contribution in [3.05, 3.63) is 52.8 Å². The van der Waals surface area contributed by atoms with E-state index in [2.05, 4.69) is 5.32 Å². The van der Waals surface area contributed by atoms with Crippen LogP contribution in [0, 0.1) is 5.82 Å². The van der Waals surface area contributed by atoms with Gasteiger partial charge in [-0.2, -0.15) is 0 Å². The van der Waals surface area contributed by atoms with Gasteiger partial charge in [0.2, 0.25) is 5.75 Å². The molecule has 2 aromatic carbocycles. The van der Waals surface area contributed by atoms with E-state index in [1.807, 2.05) is 12.1 Å². The number of ether oxygens (including phenoxy) is 3. The third-order valence-corrected chi connectivity index (χ3v) is 3.83. The monoisotopic (exact) mass is 333 g/mol. The summed E-state index contributed by atoms with van der Waals surface area (Å²) in [6.45, 7) is 1.83. The Morgan fingerprint density at radius 1 is 1.12 bits per heavy atom. The first kappa shape index (κ1) is 16.5. The van der Waals surface area contributed by atoms with Gasteiger partial charge in [-0.1, -0.05) is 12.1 Å². The molecule has 0 bridgehead atoms. The van der Waals surface area contributed by atoms with Crippen LogP contribution in [-0.4, -0.2) is 25.4 Å². The minimum atomic E-state index is -0.391. The summed E-state index contributed by atoms with van der Waals surface area (Å²) in [4.78, 5) is 0. The maximum atomic E-state index is 13.7. The van der Waals surface area contributed by atoms with Crippen molar-refractivity contribution in [2.45, 2.75) is 19.7 Å². The number of aliphatic hydroxyl groups is 1. The maximum absolute atomic E-state index is 13.7. The molecule has 24 heavy (non-hydrogen) atoms. The minimum absolute atomic E-state index is 0.295. The second-order valence-electron chi connectivity index (χ2n) is 5.51. The standard InChI is InChI=1S/C18H20FNO4/c1-22-16-7-13(8-17-18(16)24-5-4-23-17)10-20-9-12-2-3-14(11-21)15(19)6-12/h2-3,6-8,20-21H,4-5,9-11H2,1H3. The summed E-state index contributed by atoms with van der Waals surface area (Å²) in [7, 11) is 1.59. The number of aliphatic hydroxyl groups excluding tert-OH is 1. The molecule has 0 aliphatic carbocycles. The SMILES string of the molecule is COc1cc(CNCc2ccc(CO)c(F)c2)cc2c1OCCO2. The summed E-state index contributed by atoms with van der Waals surface area (Å²) in [6, 6.07) is 8.64. The maximum Gasteiger partial charge on any atom is 0.203 e. The van der Waals surface area contributed by atoms with Crippen molar-refractivity contribution in [1.29, 1.82) is 0 Å². The zero-order valence-electron chi connectivity index (χ0n) is 13.5. The summed E-state index contributed by atoms with van der Waals surface area (Å²) in [5, 5.41) is 12.3. The Morgan fingerprint density at radius 2 is 1.92 bits per heavy atom. The van der Waals surface area contributed by atoms with Crippen molar-refractivity contribution >= 4 is 0 Å². The van der Waals surface area contributed by atoms with Crippen LogP contribution in [0.3, 0.4) is 0 Å². The number of rotatable bonds is 6. The van der Waals surface area contributed by atoms with Gasteiger partial charge in [0.05, 0.1) is 13.7 Å². The molecule has 0 saturated heterocycles. The smallest absolute Gasteiger partial charge is 0.203 e. The van der Waals surface area contributed by atoms with Crippen LogP contribution in [0.25, 0.3) is 0 Å². The molecule has 3 rings (SSSR count). The predicted octanol–water partition coefficient (Wildman–Crippen LogP) is 2.39. The van der Waals surface area contributed by atoms with Crippen molar-refractivity contribution in [2.24, 2.45) is 0 Å². The number of methoxy groups -OCH3 is 1. The largest absolute Gasteiger partial charge is 0.493 e. The average molecular weight is 333 g/mol. The normalized spacial score (nSPS) is 13.0. The van der Waals surface area contributed by atoms with Crippen LogP contribution < -0.4 is 19.5 Å².